The fraction of sp³-hybridized carbons (Fsp3) is 1.00. The van der Waals surface area contributed by atoms with Crippen LogP contribution in [-0.4, -0.2) is 19.8 Å². The van der Waals surface area contributed by atoms with Crippen LogP contribution in [-0.2, 0) is 0 Å². The van der Waals surface area contributed by atoms with Crippen LogP contribution in [0, 0.1) is 11.3 Å². The first-order valence-corrected chi connectivity index (χ1v) is 4.14. The van der Waals surface area contributed by atoms with Gasteiger partial charge in [0, 0.05) is 12.0 Å². The molecular formula is C8H14FN. The Balaban J connectivity index is 2.15. The summed E-state index contributed by atoms with van der Waals surface area (Å²) in [4.78, 5) is 0. The van der Waals surface area contributed by atoms with Crippen molar-refractivity contribution in [3.05, 3.63) is 0 Å². The largest absolute Gasteiger partial charge is 0.316 e. The van der Waals surface area contributed by atoms with Gasteiger partial charge in [0.05, 0.1) is 6.67 Å². The van der Waals surface area contributed by atoms with E-state index in [-0.39, 0.29) is 12.1 Å². The summed E-state index contributed by atoms with van der Waals surface area (Å²) in [5.74, 6) is 0.650. The Bertz CT molecular complexity index is 125. The number of nitrogens with one attached hydrogen (secondary N) is 1. The Labute approximate surface area is 61.0 Å². The molecular weight excluding hydrogens is 129 g/mol. The van der Waals surface area contributed by atoms with Gasteiger partial charge in [-0.3, -0.25) is 4.39 Å². The molecule has 2 atom stereocenters. The predicted octanol–water partition coefficient (Wildman–Crippen LogP) is 1.35. The quantitative estimate of drug-likeness (QED) is 0.584. The van der Waals surface area contributed by atoms with E-state index in [1.165, 1.54) is 12.8 Å². The van der Waals surface area contributed by atoms with Crippen molar-refractivity contribution in [2.75, 3.05) is 19.8 Å². The smallest absolute Gasteiger partial charge is 0.0965 e. The fourth-order valence-electron chi connectivity index (χ4n) is 2.48. The molecule has 0 radical (unpaired) electrons. The third-order valence-electron chi connectivity index (χ3n) is 3.23. The highest BCUT2D eigenvalue weighted by atomic mass is 19.1. The number of rotatable bonds is 1. The summed E-state index contributed by atoms with van der Waals surface area (Å²) in [6, 6.07) is 0. The molecule has 1 saturated carbocycles. The number of hydrogen-bond acceptors (Lipinski definition) is 1. The molecule has 1 aliphatic carbocycles. The summed E-state index contributed by atoms with van der Waals surface area (Å²) >= 11 is 0. The molecule has 0 aromatic heterocycles. The highest BCUT2D eigenvalue weighted by molar-refractivity contribution is 4.98. The molecule has 2 heteroatoms. The van der Waals surface area contributed by atoms with Crippen LogP contribution in [0.4, 0.5) is 4.39 Å². The zero-order chi connectivity index (χ0) is 7.03. The minimum Gasteiger partial charge on any atom is -0.316 e. The SMILES string of the molecule is FC[C@]12CCC[C@@H]1CNC2. The van der Waals surface area contributed by atoms with Crippen LogP contribution in [0.2, 0.25) is 0 Å². The van der Waals surface area contributed by atoms with Gasteiger partial charge in [-0.05, 0) is 25.3 Å². The van der Waals surface area contributed by atoms with E-state index in [1.807, 2.05) is 0 Å². The minimum absolute atomic E-state index is 0.0694. The minimum atomic E-state index is -0.106. The molecule has 0 spiro atoms. The molecule has 0 unspecified atom stereocenters. The van der Waals surface area contributed by atoms with Crippen molar-refractivity contribution in [2.45, 2.75) is 19.3 Å². The van der Waals surface area contributed by atoms with Gasteiger partial charge < -0.3 is 5.32 Å². The predicted molar refractivity (Wildman–Crippen MR) is 38.6 cm³/mol. The van der Waals surface area contributed by atoms with Crippen LogP contribution in [0.15, 0.2) is 0 Å². The van der Waals surface area contributed by atoms with Gasteiger partial charge >= 0.3 is 0 Å². The molecule has 0 aromatic carbocycles. The highest BCUT2D eigenvalue weighted by Crippen LogP contribution is 2.45. The van der Waals surface area contributed by atoms with Gasteiger partial charge in [-0.2, -0.15) is 0 Å². The lowest BCUT2D eigenvalue weighted by Crippen LogP contribution is -2.27. The van der Waals surface area contributed by atoms with Gasteiger partial charge in [-0.15, -0.1) is 0 Å². The molecule has 0 bridgehead atoms. The zero-order valence-electron chi connectivity index (χ0n) is 6.20. The Hall–Kier alpha value is -0.110. The lowest BCUT2D eigenvalue weighted by molar-refractivity contribution is 0.195. The van der Waals surface area contributed by atoms with Crippen molar-refractivity contribution in [3.63, 3.8) is 0 Å². The maximum absolute atomic E-state index is 12.6. The molecule has 0 amide bonds. The molecule has 0 aromatic rings. The molecule has 1 saturated heterocycles. The van der Waals surface area contributed by atoms with E-state index in [2.05, 4.69) is 5.32 Å². The third-order valence-corrected chi connectivity index (χ3v) is 3.23. The summed E-state index contributed by atoms with van der Waals surface area (Å²) in [7, 11) is 0. The average Bonchev–Trinajstić information content (AvgIpc) is 2.42. The Morgan fingerprint density at radius 2 is 2.50 bits per heavy atom. The van der Waals surface area contributed by atoms with Crippen LogP contribution in [0.1, 0.15) is 19.3 Å². The third kappa shape index (κ3) is 0.715. The van der Waals surface area contributed by atoms with Crippen molar-refractivity contribution >= 4 is 0 Å². The van der Waals surface area contributed by atoms with Crippen molar-refractivity contribution in [3.8, 4) is 0 Å². The standard InChI is InChI=1S/C8H14FN/c9-5-8-3-1-2-7(8)4-10-6-8/h7,10H,1-6H2/t7-,8+/m1/s1. The second-order valence-electron chi connectivity index (χ2n) is 3.72. The zero-order valence-corrected chi connectivity index (χ0v) is 6.20. The number of hydrogen-bond donors (Lipinski definition) is 1. The summed E-state index contributed by atoms with van der Waals surface area (Å²) in [5, 5.41) is 3.28. The maximum Gasteiger partial charge on any atom is 0.0965 e. The summed E-state index contributed by atoms with van der Waals surface area (Å²) < 4.78 is 12.6. The van der Waals surface area contributed by atoms with Gasteiger partial charge in [0.2, 0.25) is 0 Å². The van der Waals surface area contributed by atoms with Crippen LogP contribution in [0.25, 0.3) is 0 Å². The monoisotopic (exact) mass is 143 g/mol. The van der Waals surface area contributed by atoms with Crippen LogP contribution in [0.3, 0.4) is 0 Å². The van der Waals surface area contributed by atoms with Crippen molar-refractivity contribution in [1.29, 1.82) is 0 Å². The number of halogens is 1. The van der Waals surface area contributed by atoms with Crippen LogP contribution < -0.4 is 5.32 Å². The normalized spacial score (nSPS) is 45.9. The number of fused-ring (bicyclic) bond motifs is 1. The van der Waals surface area contributed by atoms with Crippen molar-refractivity contribution < 1.29 is 4.39 Å². The van der Waals surface area contributed by atoms with E-state index in [9.17, 15) is 4.39 Å². The van der Waals surface area contributed by atoms with Crippen LogP contribution in [0.5, 0.6) is 0 Å². The molecule has 1 nitrogen and oxygen atoms in total. The van der Waals surface area contributed by atoms with Gasteiger partial charge in [0.1, 0.15) is 0 Å². The van der Waals surface area contributed by atoms with Gasteiger partial charge in [-0.1, -0.05) is 6.42 Å². The Morgan fingerprint density at radius 1 is 1.60 bits per heavy atom. The van der Waals surface area contributed by atoms with E-state index < -0.39 is 0 Å². The van der Waals surface area contributed by atoms with Gasteiger partial charge in [-0.25, -0.2) is 0 Å². The highest BCUT2D eigenvalue weighted by Gasteiger charge is 2.45. The van der Waals surface area contributed by atoms with E-state index in [0.29, 0.717) is 5.92 Å². The van der Waals surface area contributed by atoms with Crippen LogP contribution >= 0.6 is 0 Å². The molecule has 1 N–H and O–H groups in total. The summed E-state index contributed by atoms with van der Waals surface area (Å²) in [6.07, 6.45) is 3.61. The average molecular weight is 143 g/mol. The van der Waals surface area contributed by atoms with E-state index in [0.717, 1.165) is 19.5 Å². The second-order valence-corrected chi connectivity index (χ2v) is 3.72. The summed E-state index contributed by atoms with van der Waals surface area (Å²) in [6.45, 7) is 1.88. The molecule has 1 heterocycles. The first kappa shape index (κ1) is 6.59. The Morgan fingerprint density at radius 3 is 3.20 bits per heavy atom. The fourth-order valence-corrected chi connectivity index (χ4v) is 2.48. The van der Waals surface area contributed by atoms with Crippen molar-refractivity contribution in [1.82, 2.24) is 5.32 Å². The lowest BCUT2D eigenvalue weighted by Gasteiger charge is -2.23. The molecule has 2 fully saturated rings. The molecule has 2 aliphatic rings. The van der Waals surface area contributed by atoms with E-state index >= 15 is 0 Å². The maximum atomic E-state index is 12.6. The second kappa shape index (κ2) is 2.19. The van der Waals surface area contributed by atoms with E-state index in [4.69, 9.17) is 0 Å². The lowest BCUT2D eigenvalue weighted by atomic mass is 9.82. The molecule has 2 rings (SSSR count). The molecule has 58 valence electrons. The van der Waals surface area contributed by atoms with Crippen molar-refractivity contribution in [2.24, 2.45) is 11.3 Å². The molecule has 1 aliphatic heterocycles. The van der Waals surface area contributed by atoms with E-state index in [1.54, 1.807) is 0 Å². The first-order valence-electron chi connectivity index (χ1n) is 4.14. The van der Waals surface area contributed by atoms with Gasteiger partial charge in [0.25, 0.3) is 0 Å². The molecule has 10 heavy (non-hydrogen) atoms. The topological polar surface area (TPSA) is 12.0 Å². The number of alkyl halides is 1. The first-order chi connectivity index (χ1) is 4.87. The summed E-state index contributed by atoms with van der Waals surface area (Å²) in [5.41, 5.74) is 0.0694. The Kier molecular flexibility index (Phi) is 1.44. The van der Waals surface area contributed by atoms with Gasteiger partial charge in [0.15, 0.2) is 0 Å².